The molecule has 24 heavy (non-hydrogen) atoms. The number of rotatable bonds is 4. The summed E-state index contributed by atoms with van der Waals surface area (Å²) < 4.78 is 11.2. The number of hydrogen-bond acceptors (Lipinski definition) is 5. The van der Waals surface area contributed by atoms with Crippen molar-refractivity contribution in [2.45, 2.75) is 19.9 Å². The maximum absolute atomic E-state index is 11.8. The van der Waals surface area contributed by atoms with Crippen LogP contribution >= 0.6 is 15.9 Å². The maximum atomic E-state index is 11.8. The molecule has 0 atom stereocenters. The number of nitrogens with one attached hydrogen (secondary N) is 2. The molecule has 0 unspecified atom stereocenters. The van der Waals surface area contributed by atoms with E-state index in [0.29, 0.717) is 21.9 Å². The fourth-order valence-electron chi connectivity index (χ4n) is 2.04. The molecule has 0 bridgehead atoms. The molecule has 0 saturated heterocycles. The summed E-state index contributed by atoms with van der Waals surface area (Å²) in [6.07, 6.45) is 0. The fraction of sp³-hybridized carbons (Fsp3) is 0.188. The second kappa shape index (κ2) is 6.88. The molecule has 1 aromatic carbocycles. The molecule has 0 saturated carbocycles. The van der Waals surface area contributed by atoms with Crippen LogP contribution in [0.25, 0.3) is 23.0 Å². The molecule has 2 aromatic heterocycles. The second-order valence-electron chi connectivity index (χ2n) is 5.36. The van der Waals surface area contributed by atoms with Gasteiger partial charge in [0.05, 0.1) is 0 Å². The van der Waals surface area contributed by atoms with E-state index in [9.17, 15) is 4.79 Å². The third kappa shape index (κ3) is 3.83. The summed E-state index contributed by atoms with van der Waals surface area (Å²) in [4.78, 5) is 16.1. The molecule has 124 valence electrons. The number of hydrogen-bond donors (Lipinski definition) is 2. The summed E-state index contributed by atoms with van der Waals surface area (Å²) in [7, 11) is 0. The number of halogens is 1. The number of carbonyl (C=O) groups excluding carboxylic acids is 1. The number of furan rings is 1. The molecule has 3 aromatic rings. The first-order valence-corrected chi connectivity index (χ1v) is 8.08. The molecule has 0 fully saturated rings. The highest BCUT2D eigenvalue weighted by Gasteiger charge is 2.14. The van der Waals surface area contributed by atoms with Gasteiger partial charge in [-0.2, -0.15) is 4.98 Å². The van der Waals surface area contributed by atoms with Crippen LogP contribution in [0.2, 0.25) is 0 Å². The molecular weight excluding hydrogens is 376 g/mol. The molecule has 0 aliphatic rings. The number of urea groups is 1. The standard InChI is InChI=1S/C16H15BrN4O3/c1-9(2)18-16(22)19-11-5-3-4-10(8-11)14-20-15(24-21-14)12-6-7-13(17)23-12/h3-9H,1-2H3,(H2,18,19,22). The van der Waals surface area contributed by atoms with Crippen molar-refractivity contribution < 1.29 is 13.7 Å². The first-order chi connectivity index (χ1) is 11.5. The average molecular weight is 391 g/mol. The lowest BCUT2D eigenvalue weighted by Gasteiger charge is -2.10. The molecule has 7 nitrogen and oxygen atoms in total. The number of amides is 2. The Morgan fingerprint density at radius 3 is 2.79 bits per heavy atom. The van der Waals surface area contributed by atoms with E-state index >= 15 is 0 Å². The van der Waals surface area contributed by atoms with Crippen molar-refractivity contribution in [1.29, 1.82) is 0 Å². The number of aromatic nitrogens is 2. The van der Waals surface area contributed by atoms with E-state index in [2.05, 4.69) is 36.7 Å². The fourth-order valence-corrected chi connectivity index (χ4v) is 2.34. The van der Waals surface area contributed by atoms with Gasteiger partial charge in [-0.15, -0.1) is 0 Å². The van der Waals surface area contributed by atoms with Crippen LogP contribution in [-0.2, 0) is 0 Å². The van der Waals surface area contributed by atoms with Gasteiger partial charge >= 0.3 is 6.03 Å². The molecule has 0 aliphatic carbocycles. The third-order valence-corrected chi connectivity index (χ3v) is 3.43. The Morgan fingerprint density at radius 1 is 1.25 bits per heavy atom. The lowest BCUT2D eigenvalue weighted by molar-refractivity contribution is 0.250. The number of benzene rings is 1. The smallest absolute Gasteiger partial charge is 0.319 e. The van der Waals surface area contributed by atoms with Crippen molar-refractivity contribution in [2.75, 3.05) is 5.32 Å². The van der Waals surface area contributed by atoms with Crippen LogP contribution < -0.4 is 10.6 Å². The van der Waals surface area contributed by atoms with Gasteiger partial charge in [0.15, 0.2) is 10.4 Å². The van der Waals surface area contributed by atoms with Crippen molar-refractivity contribution in [3.8, 4) is 23.0 Å². The topological polar surface area (TPSA) is 93.2 Å². The van der Waals surface area contributed by atoms with E-state index < -0.39 is 0 Å². The highest BCUT2D eigenvalue weighted by molar-refractivity contribution is 9.10. The average Bonchev–Trinajstić information content (AvgIpc) is 3.15. The summed E-state index contributed by atoms with van der Waals surface area (Å²) >= 11 is 3.23. The van der Waals surface area contributed by atoms with Gasteiger partial charge in [-0.25, -0.2) is 4.79 Å². The van der Waals surface area contributed by atoms with Crippen LogP contribution in [0.15, 0.2) is 50.0 Å². The van der Waals surface area contributed by atoms with Crippen molar-refractivity contribution >= 4 is 27.6 Å². The van der Waals surface area contributed by atoms with E-state index in [1.807, 2.05) is 19.9 Å². The van der Waals surface area contributed by atoms with E-state index in [1.165, 1.54) is 0 Å². The molecular formula is C16H15BrN4O3. The molecule has 2 amide bonds. The summed E-state index contributed by atoms with van der Waals surface area (Å²) in [5, 5.41) is 9.48. The first kappa shape index (κ1) is 16.3. The summed E-state index contributed by atoms with van der Waals surface area (Å²) in [6.45, 7) is 3.79. The molecule has 0 spiro atoms. The maximum Gasteiger partial charge on any atom is 0.319 e. The Bertz CT molecular complexity index is 856. The highest BCUT2D eigenvalue weighted by atomic mass is 79.9. The minimum Gasteiger partial charge on any atom is -0.444 e. The van der Waals surface area contributed by atoms with Gasteiger partial charge in [0.2, 0.25) is 5.82 Å². The van der Waals surface area contributed by atoms with E-state index in [1.54, 1.807) is 30.3 Å². The first-order valence-electron chi connectivity index (χ1n) is 7.28. The van der Waals surface area contributed by atoms with Gasteiger partial charge < -0.3 is 19.6 Å². The largest absolute Gasteiger partial charge is 0.444 e. The van der Waals surface area contributed by atoms with Crippen LogP contribution in [0.5, 0.6) is 0 Å². The molecule has 2 N–H and O–H groups in total. The zero-order chi connectivity index (χ0) is 17.1. The summed E-state index contributed by atoms with van der Waals surface area (Å²) in [5.74, 6) is 1.17. The Balaban J connectivity index is 1.79. The zero-order valence-electron chi connectivity index (χ0n) is 13.0. The Morgan fingerprint density at radius 2 is 2.08 bits per heavy atom. The lowest BCUT2D eigenvalue weighted by Crippen LogP contribution is -2.34. The van der Waals surface area contributed by atoms with E-state index in [4.69, 9.17) is 8.94 Å². The monoisotopic (exact) mass is 390 g/mol. The Kier molecular flexibility index (Phi) is 4.66. The van der Waals surface area contributed by atoms with Gasteiger partial charge in [-0.3, -0.25) is 0 Å². The van der Waals surface area contributed by atoms with Crippen LogP contribution in [0.3, 0.4) is 0 Å². The zero-order valence-corrected chi connectivity index (χ0v) is 14.6. The number of nitrogens with zero attached hydrogens (tertiary/aromatic N) is 2. The van der Waals surface area contributed by atoms with Gasteiger partial charge in [0.1, 0.15) is 0 Å². The predicted molar refractivity (Wildman–Crippen MR) is 92.4 cm³/mol. The van der Waals surface area contributed by atoms with E-state index in [0.717, 1.165) is 5.56 Å². The minimum absolute atomic E-state index is 0.0561. The normalized spacial score (nSPS) is 10.8. The van der Waals surface area contributed by atoms with Crippen molar-refractivity contribution in [3.63, 3.8) is 0 Å². The van der Waals surface area contributed by atoms with Crippen molar-refractivity contribution in [3.05, 3.63) is 41.1 Å². The molecule has 3 rings (SSSR count). The van der Waals surface area contributed by atoms with Crippen LogP contribution in [-0.4, -0.2) is 22.2 Å². The molecule has 0 radical (unpaired) electrons. The third-order valence-electron chi connectivity index (χ3n) is 3.01. The quantitative estimate of drug-likeness (QED) is 0.692. The van der Waals surface area contributed by atoms with Crippen molar-refractivity contribution in [1.82, 2.24) is 15.5 Å². The SMILES string of the molecule is CC(C)NC(=O)Nc1cccc(-c2noc(-c3ccc(Br)o3)n2)c1. The van der Waals surface area contributed by atoms with Gasteiger partial charge in [-0.1, -0.05) is 17.3 Å². The van der Waals surface area contributed by atoms with E-state index in [-0.39, 0.29) is 18.0 Å². The minimum atomic E-state index is -0.267. The highest BCUT2D eigenvalue weighted by Crippen LogP contribution is 2.26. The number of carbonyl (C=O) groups is 1. The summed E-state index contributed by atoms with van der Waals surface area (Å²) in [6, 6.07) is 10.5. The van der Waals surface area contributed by atoms with Gasteiger partial charge in [-0.05, 0) is 54.0 Å². The van der Waals surface area contributed by atoms with Crippen LogP contribution in [0.1, 0.15) is 13.8 Å². The van der Waals surface area contributed by atoms with Crippen LogP contribution in [0.4, 0.5) is 10.5 Å². The van der Waals surface area contributed by atoms with Crippen LogP contribution in [0, 0.1) is 0 Å². The molecule has 8 heteroatoms. The second-order valence-corrected chi connectivity index (χ2v) is 6.14. The Hall–Kier alpha value is -2.61. The molecule has 0 aliphatic heterocycles. The van der Waals surface area contributed by atoms with Gasteiger partial charge in [0.25, 0.3) is 5.89 Å². The molecule has 2 heterocycles. The predicted octanol–water partition coefficient (Wildman–Crippen LogP) is 4.29. The Labute approximate surface area is 146 Å². The lowest BCUT2D eigenvalue weighted by atomic mass is 10.2. The van der Waals surface area contributed by atoms with Gasteiger partial charge in [0, 0.05) is 17.3 Å². The number of anilines is 1. The van der Waals surface area contributed by atoms with Crippen molar-refractivity contribution in [2.24, 2.45) is 0 Å². The summed E-state index contributed by atoms with van der Waals surface area (Å²) in [5.41, 5.74) is 1.36.